The summed E-state index contributed by atoms with van der Waals surface area (Å²) < 4.78 is 27.8. The van der Waals surface area contributed by atoms with Crippen LogP contribution in [0.15, 0.2) is 30.5 Å². The molecule has 0 amide bonds. The van der Waals surface area contributed by atoms with Crippen LogP contribution >= 0.6 is 0 Å². The minimum absolute atomic E-state index is 0.00800. The topological polar surface area (TPSA) is 112 Å². The summed E-state index contributed by atoms with van der Waals surface area (Å²) in [5.41, 5.74) is 1.15. The zero-order valence-corrected chi connectivity index (χ0v) is 11.9. The van der Waals surface area contributed by atoms with Crippen molar-refractivity contribution in [2.75, 3.05) is 4.72 Å². The van der Waals surface area contributed by atoms with Crippen LogP contribution < -0.4 is 4.72 Å². The molecule has 0 fully saturated rings. The molecule has 0 saturated carbocycles. The van der Waals surface area contributed by atoms with Crippen LogP contribution in [-0.2, 0) is 22.8 Å². The Balaban J connectivity index is 2.18. The van der Waals surface area contributed by atoms with Crippen LogP contribution in [0.2, 0.25) is 0 Å². The van der Waals surface area contributed by atoms with Crippen LogP contribution in [0.5, 0.6) is 0 Å². The van der Waals surface area contributed by atoms with Gasteiger partial charge in [0.05, 0.1) is 17.4 Å². The molecule has 1 N–H and O–H groups in total. The zero-order chi connectivity index (χ0) is 15.5. The van der Waals surface area contributed by atoms with Gasteiger partial charge in [0.25, 0.3) is 0 Å². The average molecular weight is 301 g/mol. The third-order valence-corrected chi connectivity index (χ3v) is 3.86. The van der Waals surface area contributed by atoms with E-state index in [0.717, 1.165) is 0 Å². The van der Waals surface area contributed by atoms with Crippen molar-refractivity contribution >= 4 is 15.8 Å². The highest BCUT2D eigenvalue weighted by molar-refractivity contribution is 7.91. The van der Waals surface area contributed by atoms with Crippen LogP contribution in [0, 0.1) is 22.7 Å². The van der Waals surface area contributed by atoms with E-state index in [1.807, 2.05) is 12.1 Å². The number of aromatic nitrogens is 2. The van der Waals surface area contributed by atoms with Crippen molar-refractivity contribution in [1.29, 1.82) is 10.5 Å². The normalized spacial score (nSPS) is 10.6. The fourth-order valence-corrected chi connectivity index (χ4v) is 2.87. The number of sulfonamides is 1. The molecule has 0 unspecified atom stereocenters. The van der Waals surface area contributed by atoms with Crippen molar-refractivity contribution in [3.63, 3.8) is 0 Å². The van der Waals surface area contributed by atoms with Crippen molar-refractivity contribution in [3.05, 3.63) is 47.2 Å². The van der Waals surface area contributed by atoms with Gasteiger partial charge >= 0.3 is 0 Å². The Labute approximate surface area is 122 Å². The second kappa shape index (κ2) is 5.65. The number of nitriles is 2. The van der Waals surface area contributed by atoms with E-state index in [4.69, 9.17) is 10.5 Å². The molecule has 1 heterocycles. The molecule has 106 valence electrons. The first-order valence-corrected chi connectivity index (χ1v) is 7.52. The smallest absolute Gasteiger partial charge is 0.238 e. The van der Waals surface area contributed by atoms with Crippen LogP contribution in [0.3, 0.4) is 0 Å². The molecular weight excluding hydrogens is 290 g/mol. The van der Waals surface area contributed by atoms with Gasteiger partial charge in [0.15, 0.2) is 5.82 Å². The molecule has 21 heavy (non-hydrogen) atoms. The summed E-state index contributed by atoms with van der Waals surface area (Å²) in [4.78, 5) is 0. The lowest BCUT2D eigenvalue weighted by atomic mass is 10.2. The zero-order valence-electron chi connectivity index (χ0n) is 11.1. The van der Waals surface area contributed by atoms with Crippen molar-refractivity contribution in [3.8, 4) is 12.1 Å². The van der Waals surface area contributed by atoms with E-state index in [-0.39, 0.29) is 17.1 Å². The number of rotatable bonds is 4. The second-order valence-electron chi connectivity index (χ2n) is 4.35. The highest BCUT2D eigenvalue weighted by atomic mass is 32.2. The van der Waals surface area contributed by atoms with E-state index in [9.17, 15) is 8.42 Å². The number of anilines is 1. The molecular formula is C13H11N5O2S. The molecule has 2 aromatic rings. The van der Waals surface area contributed by atoms with Gasteiger partial charge in [-0.2, -0.15) is 15.6 Å². The van der Waals surface area contributed by atoms with Crippen LogP contribution in [-0.4, -0.2) is 18.2 Å². The van der Waals surface area contributed by atoms with Gasteiger partial charge in [-0.15, -0.1) is 0 Å². The monoisotopic (exact) mass is 301 g/mol. The third kappa shape index (κ3) is 3.59. The summed E-state index contributed by atoms with van der Waals surface area (Å²) >= 11 is 0. The van der Waals surface area contributed by atoms with E-state index in [1.54, 1.807) is 31.3 Å². The molecule has 7 nitrogen and oxygen atoms in total. The molecule has 0 atom stereocenters. The first kappa shape index (κ1) is 14.6. The van der Waals surface area contributed by atoms with Crippen molar-refractivity contribution in [2.24, 2.45) is 7.05 Å². The molecule has 1 aromatic heterocycles. The van der Waals surface area contributed by atoms with Crippen LogP contribution in [0.4, 0.5) is 5.82 Å². The average Bonchev–Trinajstić information content (AvgIpc) is 2.78. The van der Waals surface area contributed by atoms with Gasteiger partial charge in [0.2, 0.25) is 10.0 Å². The molecule has 1 aromatic carbocycles. The number of aryl methyl sites for hydroxylation is 1. The molecule has 2 rings (SSSR count). The van der Waals surface area contributed by atoms with Gasteiger partial charge in [0.1, 0.15) is 11.6 Å². The summed E-state index contributed by atoms with van der Waals surface area (Å²) in [6.07, 6.45) is 1.43. The molecule has 0 saturated heterocycles. The maximum Gasteiger partial charge on any atom is 0.238 e. The summed E-state index contributed by atoms with van der Waals surface area (Å²) in [6, 6.07) is 10.1. The number of hydrogen-bond acceptors (Lipinski definition) is 5. The van der Waals surface area contributed by atoms with E-state index in [1.165, 1.54) is 10.9 Å². The molecule has 0 aliphatic heterocycles. The van der Waals surface area contributed by atoms with Crippen LogP contribution in [0.25, 0.3) is 0 Å². The van der Waals surface area contributed by atoms with E-state index < -0.39 is 10.0 Å². The molecule has 0 bridgehead atoms. The highest BCUT2D eigenvalue weighted by Crippen LogP contribution is 2.15. The SMILES string of the molecule is Cn1cc(C#N)c(NS(=O)(=O)Cc2ccc(C#N)cc2)n1. The molecule has 0 radical (unpaired) electrons. The maximum atomic E-state index is 12.1. The standard InChI is InChI=1S/C13H11N5O2S/c1-18-8-12(7-15)13(16-18)17-21(19,20)9-11-4-2-10(6-14)3-5-11/h2-5,8H,9H2,1H3,(H,16,17). The fraction of sp³-hybridized carbons (Fsp3) is 0.154. The lowest BCUT2D eigenvalue weighted by Crippen LogP contribution is -2.16. The fourth-order valence-electron chi connectivity index (χ4n) is 1.72. The number of hydrogen-bond donors (Lipinski definition) is 1. The lowest BCUT2D eigenvalue weighted by molar-refractivity contribution is 0.600. The molecule has 8 heteroatoms. The summed E-state index contributed by atoms with van der Waals surface area (Å²) in [6.45, 7) is 0. The highest BCUT2D eigenvalue weighted by Gasteiger charge is 2.16. The molecule has 0 spiro atoms. The van der Waals surface area contributed by atoms with Gasteiger partial charge in [-0.05, 0) is 17.7 Å². The summed E-state index contributed by atoms with van der Waals surface area (Å²) in [5, 5.41) is 21.5. The van der Waals surface area contributed by atoms with E-state index in [2.05, 4.69) is 9.82 Å². The van der Waals surface area contributed by atoms with Crippen molar-refractivity contribution in [1.82, 2.24) is 9.78 Å². The third-order valence-electron chi connectivity index (χ3n) is 2.64. The lowest BCUT2D eigenvalue weighted by Gasteiger charge is -2.06. The quantitative estimate of drug-likeness (QED) is 0.909. The largest absolute Gasteiger partial charge is 0.272 e. The van der Waals surface area contributed by atoms with E-state index in [0.29, 0.717) is 11.1 Å². The Morgan fingerprint density at radius 3 is 2.48 bits per heavy atom. The van der Waals surface area contributed by atoms with Gasteiger partial charge < -0.3 is 0 Å². The first-order chi connectivity index (χ1) is 9.93. The van der Waals surface area contributed by atoms with Gasteiger partial charge in [-0.1, -0.05) is 12.1 Å². The van der Waals surface area contributed by atoms with Gasteiger partial charge in [-0.3, -0.25) is 9.40 Å². The van der Waals surface area contributed by atoms with Crippen LogP contribution in [0.1, 0.15) is 16.7 Å². The second-order valence-corrected chi connectivity index (χ2v) is 6.07. The predicted octanol–water partition coefficient (Wildman–Crippen LogP) is 1.11. The molecule has 0 aliphatic rings. The maximum absolute atomic E-state index is 12.1. The minimum Gasteiger partial charge on any atom is -0.272 e. The number of benzene rings is 1. The summed E-state index contributed by atoms with van der Waals surface area (Å²) in [5.74, 6) is -0.256. The van der Waals surface area contributed by atoms with Gasteiger partial charge in [0, 0.05) is 13.2 Å². The molecule has 0 aliphatic carbocycles. The van der Waals surface area contributed by atoms with Crippen molar-refractivity contribution < 1.29 is 8.42 Å². The predicted molar refractivity (Wildman–Crippen MR) is 75.3 cm³/mol. The number of nitrogens with zero attached hydrogens (tertiary/aromatic N) is 4. The van der Waals surface area contributed by atoms with Crippen molar-refractivity contribution in [2.45, 2.75) is 5.75 Å². The first-order valence-electron chi connectivity index (χ1n) is 5.87. The Morgan fingerprint density at radius 1 is 1.24 bits per heavy atom. The number of nitrogens with one attached hydrogen (secondary N) is 1. The van der Waals surface area contributed by atoms with E-state index >= 15 is 0 Å². The summed E-state index contributed by atoms with van der Waals surface area (Å²) in [7, 11) is -2.09. The Morgan fingerprint density at radius 2 is 1.90 bits per heavy atom. The Hall–Kier alpha value is -2.84. The minimum atomic E-state index is -3.69. The Bertz CT molecular complexity index is 838. The Kier molecular flexibility index (Phi) is 3.92. The van der Waals surface area contributed by atoms with Gasteiger partial charge in [-0.25, -0.2) is 8.42 Å².